The molecule has 1 N–H and O–H groups in total. The van der Waals surface area contributed by atoms with Gasteiger partial charge < -0.3 is 9.84 Å². The van der Waals surface area contributed by atoms with Gasteiger partial charge in [-0.05, 0) is 6.42 Å². The fourth-order valence-electron chi connectivity index (χ4n) is 0.917. The van der Waals surface area contributed by atoms with Gasteiger partial charge >= 0.3 is 5.97 Å². The molecule has 0 bridgehead atoms. The summed E-state index contributed by atoms with van der Waals surface area (Å²) >= 11 is 3.10. The van der Waals surface area contributed by atoms with Crippen LogP contribution in [0.5, 0.6) is 0 Å². The van der Waals surface area contributed by atoms with E-state index in [1.54, 1.807) is 0 Å². The number of ether oxygens (including phenoxy) is 1. The summed E-state index contributed by atoms with van der Waals surface area (Å²) in [6.45, 7) is 0. The van der Waals surface area contributed by atoms with Gasteiger partial charge in [-0.3, -0.25) is 4.79 Å². The highest BCUT2D eigenvalue weighted by Gasteiger charge is 2.28. The number of hydrogen-bond donors (Lipinski definition) is 1. The number of esters is 1. The largest absolute Gasteiger partial charge is 0.460 e. The van der Waals surface area contributed by atoms with Crippen molar-refractivity contribution >= 4 is 21.9 Å². The van der Waals surface area contributed by atoms with Gasteiger partial charge in [0, 0.05) is 11.8 Å². The first-order valence-electron chi connectivity index (χ1n) is 3.17. The van der Waals surface area contributed by atoms with Crippen LogP contribution in [0.25, 0.3) is 0 Å². The summed E-state index contributed by atoms with van der Waals surface area (Å²) in [7, 11) is 0. The number of rotatable bonds is 2. The van der Waals surface area contributed by atoms with Crippen molar-refractivity contribution in [3.8, 4) is 0 Å². The monoisotopic (exact) mass is 208 g/mol. The van der Waals surface area contributed by atoms with Gasteiger partial charge in [-0.25, -0.2) is 0 Å². The van der Waals surface area contributed by atoms with Gasteiger partial charge in [0.15, 0.2) is 0 Å². The Morgan fingerprint density at radius 1 is 1.90 bits per heavy atom. The molecular weight excluding hydrogens is 200 g/mol. The van der Waals surface area contributed by atoms with Gasteiger partial charge in [0.1, 0.15) is 12.2 Å². The Balaban J connectivity index is 2.36. The van der Waals surface area contributed by atoms with E-state index in [1.807, 2.05) is 0 Å². The number of halogens is 1. The summed E-state index contributed by atoms with van der Waals surface area (Å²) < 4.78 is 4.80. The van der Waals surface area contributed by atoms with E-state index in [4.69, 9.17) is 9.84 Å². The van der Waals surface area contributed by atoms with Crippen LogP contribution < -0.4 is 0 Å². The van der Waals surface area contributed by atoms with E-state index in [0.717, 1.165) is 0 Å². The van der Waals surface area contributed by atoms with Crippen LogP contribution in [0.2, 0.25) is 0 Å². The van der Waals surface area contributed by atoms with E-state index in [-0.39, 0.29) is 12.1 Å². The number of carbonyl (C=O) groups excluding carboxylic acids is 1. The fraction of sp³-hybridized carbons (Fsp3) is 0.833. The molecule has 0 unspecified atom stereocenters. The maximum Gasteiger partial charge on any atom is 0.306 e. The van der Waals surface area contributed by atoms with Gasteiger partial charge in [-0.15, -0.1) is 0 Å². The minimum absolute atomic E-state index is 0.204. The predicted octanol–water partition coefficient (Wildman–Crippen LogP) is 0.448. The van der Waals surface area contributed by atoms with E-state index in [9.17, 15) is 4.79 Å². The SMILES string of the molecule is O=C1CC[C@H]([C@H](O)CBr)O1. The first-order valence-corrected chi connectivity index (χ1v) is 4.29. The Labute approximate surface area is 67.5 Å². The zero-order valence-corrected chi connectivity index (χ0v) is 7.00. The minimum Gasteiger partial charge on any atom is -0.460 e. The molecule has 0 aromatic carbocycles. The quantitative estimate of drug-likeness (QED) is 0.530. The molecule has 0 aliphatic carbocycles. The van der Waals surface area contributed by atoms with E-state index in [2.05, 4.69) is 15.9 Å². The van der Waals surface area contributed by atoms with Crippen molar-refractivity contribution in [2.24, 2.45) is 0 Å². The molecule has 1 fully saturated rings. The number of aliphatic hydroxyl groups is 1. The molecule has 0 radical (unpaired) electrons. The first kappa shape index (κ1) is 8.01. The Hall–Kier alpha value is -0.0900. The predicted molar refractivity (Wildman–Crippen MR) is 38.9 cm³/mol. The molecule has 1 aliphatic rings. The van der Waals surface area contributed by atoms with E-state index < -0.39 is 6.10 Å². The molecule has 0 aromatic rings. The van der Waals surface area contributed by atoms with Crippen molar-refractivity contribution in [1.82, 2.24) is 0 Å². The third-order valence-electron chi connectivity index (χ3n) is 1.50. The molecule has 1 heterocycles. The van der Waals surface area contributed by atoms with Crippen LogP contribution in [0.4, 0.5) is 0 Å². The van der Waals surface area contributed by atoms with Crippen molar-refractivity contribution in [3.05, 3.63) is 0 Å². The van der Waals surface area contributed by atoms with Crippen molar-refractivity contribution in [1.29, 1.82) is 0 Å². The maximum atomic E-state index is 10.5. The molecule has 0 aromatic heterocycles. The lowest BCUT2D eigenvalue weighted by Crippen LogP contribution is -2.26. The standard InChI is InChI=1S/C6H9BrO3/c7-3-4(8)5-1-2-6(9)10-5/h4-5,8H,1-3H2/t4-,5-/m1/s1. The van der Waals surface area contributed by atoms with Crippen LogP contribution >= 0.6 is 15.9 Å². The second kappa shape index (κ2) is 3.34. The second-order valence-electron chi connectivity index (χ2n) is 2.29. The van der Waals surface area contributed by atoms with Crippen molar-refractivity contribution in [2.45, 2.75) is 25.0 Å². The van der Waals surface area contributed by atoms with Gasteiger partial charge in [-0.2, -0.15) is 0 Å². The van der Waals surface area contributed by atoms with Crippen molar-refractivity contribution < 1.29 is 14.6 Å². The molecule has 2 atom stereocenters. The van der Waals surface area contributed by atoms with E-state index in [1.165, 1.54) is 0 Å². The summed E-state index contributed by atoms with van der Waals surface area (Å²) in [5, 5.41) is 9.61. The lowest BCUT2D eigenvalue weighted by Gasteiger charge is -2.13. The van der Waals surface area contributed by atoms with Crippen molar-refractivity contribution in [2.75, 3.05) is 5.33 Å². The van der Waals surface area contributed by atoms with Crippen LogP contribution in [-0.2, 0) is 9.53 Å². The van der Waals surface area contributed by atoms with Crippen molar-refractivity contribution in [3.63, 3.8) is 0 Å². The summed E-state index contributed by atoms with van der Waals surface area (Å²) in [6.07, 6.45) is 0.249. The third kappa shape index (κ3) is 1.70. The molecule has 1 rings (SSSR count). The highest BCUT2D eigenvalue weighted by atomic mass is 79.9. The molecular formula is C6H9BrO3. The lowest BCUT2D eigenvalue weighted by molar-refractivity contribution is -0.144. The molecule has 4 heteroatoms. The molecule has 1 aliphatic heterocycles. The normalized spacial score (nSPS) is 28.2. The Morgan fingerprint density at radius 3 is 3.00 bits per heavy atom. The Kier molecular flexibility index (Phi) is 2.68. The van der Waals surface area contributed by atoms with E-state index in [0.29, 0.717) is 18.2 Å². The molecule has 0 spiro atoms. The van der Waals surface area contributed by atoms with E-state index >= 15 is 0 Å². The van der Waals surface area contributed by atoms with Crippen LogP contribution in [0.1, 0.15) is 12.8 Å². The molecule has 58 valence electrons. The number of cyclic esters (lactones) is 1. The number of hydrogen-bond acceptors (Lipinski definition) is 3. The number of aliphatic hydroxyl groups excluding tert-OH is 1. The fourth-order valence-corrected chi connectivity index (χ4v) is 1.33. The lowest BCUT2D eigenvalue weighted by atomic mass is 10.2. The number of carbonyl (C=O) groups is 1. The Bertz CT molecular complexity index is 137. The number of alkyl halides is 1. The zero-order chi connectivity index (χ0) is 7.56. The van der Waals surface area contributed by atoms with Crippen LogP contribution in [0.3, 0.4) is 0 Å². The molecule has 1 saturated heterocycles. The molecule has 10 heavy (non-hydrogen) atoms. The smallest absolute Gasteiger partial charge is 0.306 e. The minimum atomic E-state index is -0.550. The van der Waals surface area contributed by atoms with Crippen LogP contribution in [-0.4, -0.2) is 28.6 Å². The van der Waals surface area contributed by atoms with Gasteiger partial charge in [0.25, 0.3) is 0 Å². The van der Waals surface area contributed by atoms with Crippen LogP contribution in [0, 0.1) is 0 Å². The molecule has 3 nitrogen and oxygen atoms in total. The second-order valence-corrected chi connectivity index (χ2v) is 2.94. The summed E-state index contributed by atoms with van der Waals surface area (Å²) in [5.41, 5.74) is 0. The summed E-state index contributed by atoms with van der Waals surface area (Å²) in [6, 6.07) is 0. The average molecular weight is 209 g/mol. The summed E-state index contributed by atoms with van der Waals surface area (Å²) in [4.78, 5) is 10.5. The van der Waals surface area contributed by atoms with Gasteiger partial charge in [0.2, 0.25) is 0 Å². The Morgan fingerprint density at radius 2 is 2.60 bits per heavy atom. The first-order chi connectivity index (χ1) is 4.74. The zero-order valence-electron chi connectivity index (χ0n) is 5.42. The maximum absolute atomic E-state index is 10.5. The van der Waals surface area contributed by atoms with Crippen LogP contribution in [0.15, 0.2) is 0 Å². The third-order valence-corrected chi connectivity index (χ3v) is 2.17. The summed E-state index contributed by atoms with van der Waals surface area (Å²) in [5.74, 6) is -0.204. The average Bonchev–Trinajstić information content (AvgIpc) is 2.34. The highest BCUT2D eigenvalue weighted by molar-refractivity contribution is 9.09. The topological polar surface area (TPSA) is 46.5 Å². The molecule has 0 amide bonds. The highest BCUT2D eigenvalue weighted by Crippen LogP contribution is 2.17. The van der Waals surface area contributed by atoms with Gasteiger partial charge in [0.05, 0.1) is 0 Å². The molecule has 0 saturated carbocycles. The van der Waals surface area contributed by atoms with Gasteiger partial charge in [-0.1, -0.05) is 15.9 Å².